The van der Waals surface area contributed by atoms with Crippen molar-refractivity contribution in [2.24, 2.45) is 23.7 Å². The third-order valence-electron chi connectivity index (χ3n) is 11.7. The SMILES string of the molecule is COc1ccc(C23C(=O)N(Nc4ccc(Cl)cc4Cl)C(=O)C2CC2C(=CCC4C(=O)N(c5ccc([N+](=O)[O-])cc5)C(=O)C42)C3c2c(O)cc(OC)cc2OC)cc1. The average Bonchev–Trinajstić information content (AvgIpc) is 3.59. The van der Waals surface area contributed by atoms with E-state index in [9.17, 15) is 24.8 Å². The lowest BCUT2D eigenvalue weighted by Crippen LogP contribution is -2.53. The monoisotopic (exact) mass is 812 g/mol. The van der Waals surface area contributed by atoms with Gasteiger partial charge < -0.3 is 19.3 Å². The van der Waals surface area contributed by atoms with Gasteiger partial charge in [0.15, 0.2) is 0 Å². The molecule has 1 saturated carbocycles. The van der Waals surface area contributed by atoms with Gasteiger partial charge in [0.2, 0.25) is 11.8 Å². The first kappa shape index (κ1) is 37.8. The summed E-state index contributed by atoms with van der Waals surface area (Å²) >= 11 is 12.7. The number of nitro groups is 1. The molecule has 0 bridgehead atoms. The Balaban J connectivity index is 1.35. The van der Waals surface area contributed by atoms with Gasteiger partial charge in [-0.3, -0.25) is 39.6 Å². The van der Waals surface area contributed by atoms with E-state index < -0.39 is 63.6 Å². The summed E-state index contributed by atoms with van der Waals surface area (Å²) in [6.45, 7) is 0. The number of amides is 4. The molecular weight excluding hydrogens is 779 g/mol. The van der Waals surface area contributed by atoms with Gasteiger partial charge in [-0.15, -0.1) is 0 Å². The Morgan fingerprint density at radius 3 is 2.18 bits per heavy atom. The fraction of sp³-hybridized carbons (Fsp3) is 0.268. The maximum Gasteiger partial charge on any atom is 0.269 e. The van der Waals surface area contributed by atoms with Gasteiger partial charge in [-0.05, 0) is 66.8 Å². The van der Waals surface area contributed by atoms with Gasteiger partial charge >= 0.3 is 0 Å². The number of halogens is 2. The number of nitrogens with zero attached hydrogens (tertiary/aromatic N) is 3. The van der Waals surface area contributed by atoms with Crippen molar-refractivity contribution < 1.29 is 43.4 Å². The topological polar surface area (TPSA) is 178 Å². The quantitative estimate of drug-likeness (QED) is 0.0784. The van der Waals surface area contributed by atoms with Gasteiger partial charge in [0, 0.05) is 40.8 Å². The number of ether oxygens (including phenoxy) is 3. The summed E-state index contributed by atoms with van der Waals surface area (Å²) in [5.41, 5.74) is 2.50. The average molecular weight is 814 g/mol. The van der Waals surface area contributed by atoms with Crippen molar-refractivity contribution in [1.29, 1.82) is 0 Å². The summed E-state index contributed by atoms with van der Waals surface area (Å²) in [4.78, 5) is 71.1. The van der Waals surface area contributed by atoms with Crippen molar-refractivity contribution in [2.45, 2.75) is 24.2 Å². The summed E-state index contributed by atoms with van der Waals surface area (Å²) in [6, 6.07) is 19.4. The lowest BCUT2D eigenvalue weighted by molar-refractivity contribution is -0.384. The van der Waals surface area contributed by atoms with Crippen LogP contribution in [-0.4, -0.2) is 60.0 Å². The minimum absolute atomic E-state index is 0.0427. The molecule has 2 N–H and O–H groups in total. The molecule has 0 radical (unpaired) electrons. The summed E-state index contributed by atoms with van der Waals surface area (Å²) in [5, 5.41) is 24.7. The first-order chi connectivity index (χ1) is 27.3. The molecule has 4 aliphatic rings. The lowest BCUT2D eigenvalue weighted by Gasteiger charge is -2.50. The Morgan fingerprint density at radius 1 is 0.842 bits per heavy atom. The number of phenols is 1. The van der Waals surface area contributed by atoms with Crippen LogP contribution in [0.3, 0.4) is 0 Å². The number of hydrogen-bond donors (Lipinski definition) is 2. The molecule has 16 heteroatoms. The number of nitrogens with one attached hydrogen (secondary N) is 1. The largest absolute Gasteiger partial charge is 0.507 e. The van der Waals surface area contributed by atoms with Gasteiger partial charge in [0.25, 0.3) is 17.5 Å². The van der Waals surface area contributed by atoms with Gasteiger partial charge in [0.1, 0.15) is 23.0 Å². The molecule has 2 aliphatic heterocycles. The number of carbonyl (C=O) groups is 4. The van der Waals surface area contributed by atoms with E-state index in [1.54, 1.807) is 36.4 Å². The summed E-state index contributed by atoms with van der Waals surface area (Å²) in [5.74, 6) is -6.64. The molecule has 3 fully saturated rings. The molecule has 4 aromatic rings. The summed E-state index contributed by atoms with van der Waals surface area (Å²) < 4.78 is 16.8. The predicted octanol–water partition coefficient (Wildman–Crippen LogP) is 6.82. The van der Waals surface area contributed by atoms with Crippen LogP contribution in [0.15, 0.2) is 90.5 Å². The molecule has 4 amide bonds. The zero-order valence-corrected chi connectivity index (χ0v) is 32.1. The van der Waals surface area contributed by atoms with Crippen molar-refractivity contribution in [3.8, 4) is 23.0 Å². The Bertz CT molecular complexity index is 2410. The number of nitro benzene ring substituents is 1. The second-order valence-electron chi connectivity index (χ2n) is 14.3. The molecule has 6 atom stereocenters. The number of hydrazine groups is 1. The van der Waals surface area contributed by atoms with Crippen LogP contribution in [0, 0.1) is 33.8 Å². The van der Waals surface area contributed by atoms with Crippen molar-refractivity contribution >= 4 is 63.9 Å². The van der Waals surface area contributed by atoms with Crippen LogP contribution in [-0.2, 0) is 24.6 Å². The van der Waals surface area contributed by atoms with Gasteiger partial charge in [-0.2, -0.15) is 5.01 Å². The number of carbonyl (C=O) groups excluding carboxylic acids is 4. The minimum Gasteiger partial charge on any atom is -0.507 e. The standard InChI is InChI=1S/C41H34Cl2N4O10/c1-55-24-11-4-20(5-12-24)41-29(38(50)46(40(41)52)44-31-15-6-21(42)16-30(31)43)19-28-26(36(41)35-32(48)17-25(56-2)18-33(35)57-3)13-14-27-34(28)39(51)45(37(27)49)22-7-9-23(10-8-22)47(53)54/h4-13,15-18,27-29,34,36,44,48H,14,19H2,1-3H3. The molecule has 4 aromatic carbocycles. The van der Waals surface area contributed by atoms with Gasteiger partial charge in [-0.1, -0.05) is 47.0 Å². The number of methoxy groups -OCH3 is 3. The highest BCUT2D eigenvalue weighted by atomic mass is 35.5. The summed E-state index contributed by atoms with van der Waals surface area (Å²) in [6.07, 6.45) is 1.88. The van der Waals surface area contributed by atoms with E-state index >= 15 is 9.59 Å². The Hall–Kier alpha value is -6.12. The molecule has 57 heavy (non-hydrogen) atoms. The van der Waals surface area contributed by atoms with E-state index in [0.717, 1.165) is 9.91 Å². The van der Waals surface area contributed by atoms with Crippen molar-refractivity contribution in [3.05, 3.63) is 122 Å². The van der Waals surface area contributed by atoms with E-state index in [2.05, 4.69) is 5.43 Å². The van der Waals surface area contributed by atoms with Crippen molar-refractivity contribution in [1.82, 2.24) is 5.01 Å². The Morgan fingerprint density at radius 2 is 1.54 bits per heavy atom. The molecule has 2 heterocycles. The fourth-order valence-electron chi connectivity index (χ4n) is 9.30. The Labute approximate surface area is 335 Å². The molecule has 0 spiro atoms. The second kappa shape index (κ2) is 14.1. The third kappa shape index (κ3) is 5.68. The minimum atomic E-state index is -1.77. The fourth-order valence-corrected chi connectivity index (χ4v) is 9.75. The number of hydrogen-bond acceptors (Lipinski definition) is 11. The van der Waals surface area contributed by atoms with E-state index in [1.165, 1.54) is 63.8 Å². The maximum atomic E-state index is 15.5. The second-order valence-corrected chi connectivity index (χ2v) is 15.1. The number of anilines is 2. The Kier molecular flexibility index (Phi) is 9.36. The highest BCUT2D eigenvalue weighted by molar-refractivity contribution is 6.36. The summed E-state index contributed by atoms with van der Waals surface area (Å²) in [7, 11) is 4.33. The number of aromatic hydroxyl groups is 1. The third-order valence-corrected chi connectivity index (χ3v) is 12.3. The van der Waals surface area contributed by atoms with Gasteiger partial charge in [0.05, 0.1) is 65.8 Å². The number of allylic oxidation sites excluding steroid dienone is 2. The number of rotatable bonds is 9. The first-order valence-corrected chi connectivity index (χ1v) is 18.6. The highest BCUT2D eigenvalue weighted by Crippen LogP contribution is 2.66. The number of phenolic OH excluding ortho intramolecular Hbond substituents is 1. The maximum absolute atomic E-state index is 15.5. The van der Waals surface area contributed by atoms with E-state index in [-0.39, 0.29) is 57.7 Å². The molecule has 0 aromatic heterocycles. The van der Waals surface area contributed by atoms with Crippen LogP contribution in [0.1, 0.15) is 29.9 Å². The molecular formula is C41H34Cl2N4O10. The van der Waals surface area contributed by atoms with Gasteiger partial charge in [-0.25, -0.2) is 0 Å². The highest BCUT2D eigenvalue weighted by Gasteiger charge is 2.71. The van der Waals surface area contributed by atoms with Crippen LogP contribution in [0.5, 0.6) is 23.0 Å². The van der Waals surface area contributed by atoms with Crippen molar-refractivity contribution in [3.63, 3.8) is 0 Å². The molecule has 2 aliphatic carbocycles. The van der Waals surface area contributed by atoms with Crippen LogP contribution in [0.2, 0.25) is 10.0 Å². The predicted molar refractivity (Wildman–Crippen MR) is 207 cm³/mol. The number of benzene rings is 4. The molecule has 2 saturated heterocycles. The molecule has 292 valence electrons. The molecule has 8 rings (SSSR count). The first-order valence-electron chi connectivity index (χ1n) is 17.9. The number of fused-ring (bicyclic) bond motifs is 4. The van der Waals surface area contributed by atoms with Crippen molar-refractivity contribution in [2.75, 3.05) is 31.7 Å². The van der Waals surface area contributed by atoms with E-state index in [1.807, 2.05) is 6.08 Å². The van der Waals surface area contributed by atoms with Crippen LogP contribution in [0.4, 0.5) is 17.1 Å². The van der Waals surface area contributed by atoms with Crippen LogP contribution < -0.4 is 24.5 Å². The smallest absolute Gasteiger partial charge is 0.269 e. The molecule has 14 nitrogen and oxygen atoms in total. The van der Waals surface area contributed by atoms with E-state index in [0.29, 0.717) is 21.9 Å². The molecule has 6 unspecified atom stereocenters. The normalized spacial score (nSPS) is 25.1. The number of non-ortho nitro benzene ring substituents is 1. The zero-order valence-electron chi connectivity index (χ0n) is 30.6. The van der Waals surface area contributed by atoms with E-state index in [4.69, 9.17) is 37.4 Å². The van der Waals surface area contributed by atoms with Crippen LogP contribution in [0.25, 0.3) is 0 Å². The number of imide groups is 2. The zero-order chi connectivity index (χ0) is 40.5. The lowest BCUT2D eigenvalue weighted by atomic mass is 9.49. The van der Waals surface area contributed by atoms with Crippen LogP contribution >= 0.6 is 23.2 Å².